The van der Waals surface area contributed by atoms with Crippen molar-refractivity contribution in [2.24, 2.45) is 0 Å². The molecule has 0 bridgehead atoms. The lowest BCUT2D eigenvalue weighted by atomic mass is 10.1. The molecular formula is C17H21N3O5S. The molecule has 2 rings (SSSR count). The summed E-state index contributed by atoms with van der Waals surface area (Å²) >= 11 is 0. The van der Waals surface area contributed by atoms with Crippen molar-refractivity contribution in [3.8, 4) is 0 Å². The second-order valence-corrected chi connectivity index (χ2v) is 7.52. The molecule has 0 saturated heterocycles. The van der Waals surface area contributed by atoms with Crippen LogP contribution in [0.15, 0.2) is 47.1 Å². The predicted octanol–water partition coefficient (Wildman–Crippen LogP) is 1.65. The Morgan fingerprint density at radius 1 is 1.19 bits per heavy atom. The molecule has 0 aliphatic rings. The molecule has 0 fully saturated rings. The SMILES string of the molecule is C[C@H](NC(=O)CCNC(=O)c1ccco1)c1cccc(NS(C)(=O)=O)c1. The van der Waals surface area contributed by atoms with Gasteiger partial charge in [0.1, 0.15) is 0 Å². The number of carbonyl (C=O) groups excluding carboxylic acids is 2. The van der Waals surface area contributed by atoms with Crippen molar-refractivity contribution in [2.45, 2.75) is 19.4 Å². The zero-order valence-corrected chi connectivity index (χ0v) is 15.3. The zero-order chi connectivity index (χ0) is 19.2. The molecular weight excluding hydrogens is 358 g/mol. The number of nitrogens with one attached hydrogen (secondary N) is 3. The van der Waals surface area contributed by atoms with Crippen molar-refractivity contribution in [1.29, 1.82) is 0 Å². The number of hydrogen-bond donors (Lipinski definition) is 3. The standard InChI is InChI=1S/C17H21N3O5S/c1-12(13-5-3-6-14(11-13)20-26(2,23)24)19-16(21)8-9-18-17(22)15-7-4-10-25-15/h3-7,10-12,20H,8-9H2,1-2H3,(H,18,22)(H,19,21)/t12-/m0/s1. The summed E-state index contributed by atoms with van der Waals surface area (Å²) in [6, 6.07) is 9.61. The summed E-state index contributed by atoms with van der Waals surface area (Å²) < 4.78 is 29.9. The largest absolute Gasteiger partial charge is 0.459 e. The van der Waals surface area contributed by atoms with E-state index in [4.69, 9.17) is 4.42 Å². The molecule has 1 aromatic heterocycles. The van der Waals surface area contributed by atoms with Gasteiger partial charge in [-0.3, -0.25) is 14.3 Å². The van der Waals surface area contributed by atoms with Crippen molar-refractivity contribution in [1.82, 2.24) is 10.6 Å². The van der Waals surface area contributed by atoms with E-state index in [1.165, 1.54) is 12.3 Å². The molecule has 8 nitrogen and oxygen atoms in total. The van der Waals surface area contributed by atoms with Crippen molar-refractivity contribution in [3.05, 3.63) is 54.0 Å². The van der Waals surface area contributed by atoms with E-state index in [2.05, 4.69) is 15.4 Å². The Labute approximate surface area is 152 Å². The summed E-state index contributed by atoms with van der Waals surface area (Å²) in [6.45, 7) is 1.96. The van der Waals surface area contributed by atoms with Gasteiger partial charge in [0.2, 0.25) is 15.9 Å². The lowest BCUT2D eigenvalue weighted by molar-refractivity contribution is -0.121. The smallest absolute Gasteiger partial charge is 0.286 e. The number of furan rings is 1. The fraction of sp³-hybridized carbons (Fsp3) is 0.294. The van der Waals surface area contributed by atoms with Crippen molar-refractivity contribution in [3.63, 3.8) is 0 Å². The summed E-state index contributed by atoms with van der Waals surface area (Å²) in [6.07, 6.45) is 2.58. The normalized spacial score (nSPS) is 12.2. The molecule has 0 saturated carbocycles. The first kappa shape index (κ1) is 19.5. The Kier molecular flexibility index (Phi) is 6.40. The topological polar surface area (TPSA) is 118 Å². The van der Waals surface area contributed by atoms with Crippen LogP contribution in [-0.4, -0.2) is 33.0 Å². The average molecular weight is 379 g/mol. The van der Waals surface area contributed by atoms with E-state index in [1.807, 2.05) is 0 Å². The molecule has 0 aliphatic carbocycles. The van der Waals surface area contributed by atoms with Crippen LogP contribution < -0.4 is 15.4 Å². The monoisotopic (exact) mass is 379 g/mol. The predicted molar refractivity (Wildman–Crippen MR) is 97.1 cm³/mol. The van der Waals surface area contributed by atoms with E-state index >= 15 is 0 Å². The molecule has 3 N–H and O–H groups in total. The molecule has 0 unspecified atom stereocenters. The van der Waals surface area contributed by atoms with Gasteiger partial charge in [0, 0.05) is 18.7 Å². The maximum Gasteiger partial charge on any atom is 0.286 e. The third-order valence-corrected chi connectivity index (χ3v) is 4.06. The second-order valence-electron chi connectivity index (χ2n) is 5.77. The minimum Gasteiger partial charge on any atom is -0.459 e. The highest BCUT2D eigenvalue weighted by Gasteiger charge is 2.12. The van der Waals surface area contributed by atoms with Gasteiger partial charge in [-0.15, -0.1) is 0 Å². The molecule has 1 aromatic carbocycles. The Morgan fingerprint density at radius 2 is 1.96 bits per heavy atom. The van der Waals surface area contributed by atoms with Gasteiger partial charge in [-0.1, -0.05) is 12.1 Å². The first-order chi connectivity index (χ1) is 12.2. The van der Waals surface area contributed by atoms with Gasteiger partial charge in [-0.2, -0.15) is 0 Å². The highest BCUT2D eigenvalue weighted by Crippen LogP contribution is 2.18. The first-order valence-electron chi connectivity index (χ1n) is 7.93. The van der Waals surface area contributed by atoms with Crippen LogP contribution in [0.2, 0.25) is 0 Å². The Hall–Kier alpha value is -2.81. The van der Waals surface area contributed by atoms with E-state index in [9.17, 15) is 18.0 Å². The van der Waals surface area contributed by atoms with Gasteiger partial charge >= 0.3 is 0 Å². The number of hydrogen-bond acceptors (Lipinski definition) is 5. The molecule has 2 aromatic rings. The lowest BCUT2D eigenvalue weighted by Crippen LogP contribution is -2.32. The number of rotatable bonds is 8. The third-order valence-electron chi connectivity index (χ3n) is 3.45. The Balaban J connectivity index is 1.83. The van der Waals surface area contributed by atoms with Crippen molar-refractivity contribution in [2.75, 3.05) is 17.5 Å². The van der Waals surface area contributed by atoms with Crippen LogP contribution in [-0.2, 0) is 14.8 Å². The van der Waals surface area contributed by atoms with E-state index in [0.29, 0.717) is 5.69 Å². The molecule has 2 amide bonds. The fourth-order valence-corrected chi connectivity index (χ4v) is 2.82. The van der Waals surface area contributed by atoms with Crippen LogP contribution in [0.4, 0.5) is 5.69 Å². The number of carbonyl (C=O) groups is 2. The molecule has 1 atom stereocenters. The second kappa shape index (κ2) is 8.52. The minimum absolute atomic E-state index is 0.109. The third kappa shape index (κ3) is 6.25. The van der Waals surface area contributed by atoms with E-state index in [1.54, 1.807) is 37.3 Å². The molecule has 0 radical (unpaired) electrons. The summed E-state index contributed by atoms with van der Waals surface area (Å²) in [4.78, 5) is 23.7. The van der Waals surface area contributed by atoms with Crippen LogP contribution >= 0.6 is 0 Å². The molecule has 0 spiro atoms. The first-order valence-corrected chi connectivity index (χ1v) is 9.82. The van der Waals surface area contributed by atoms with Gasteiger partial charge in [0.05, 0.1) is 18.6 Å². The molecule has 1 heterocycles. The molecule has 9 heteroatoms. The van der Waals surface area contributed by atoms with Crippen LogP contribution in [0.1, 0.15) is 35.5 Å². The zero-order valence-electron chi connectivity index (χ0n) is 14.5. The number of anilines is 1. The quantitative estimate of drug-likeness (QED) is 0.645. The summed E-state index contributed by atoms with van der Waals surface area (Å²) in [5.74, 6) is -0.428. The van der Waals surface area contributed by atoms with Gasteiger partial charge in [-0.05, 0) is 36.8 Å². The van der Waals surface area contributed by atoms with Crippen molar-refractivity contribution >= 4 is 27.5 Å². The fourth-order valence-electron chi connectivity index (χ4n) is 2.27. The minimum atomic E-state index is -3.37. The van der Waals surface area contributed by atoms with Gasteiger partial charge in [0.15, 0.2) is 5.76 Å². The van der Waals surface area contributed by atoms with Gasteiger partial charge in [-0.25, -0.2) is 8.42 Å². The van der Waals surface area contributed by atoms with Crippen molar-refractivity contribution < 1.29 is 22.4 Å². The Bertz CT molecular complexity index is 862. The van der Waals surface area contributed by atoms with Gasteiger partial charge < -0.3 is 15.1 Å². The highest BCUT2D eigenvalue weighted by molar-refractivity contribution is 7.92. The van der Waals surface area contributed by atoms with Crippen LogP contribution in [0.3, 0.4) is 0 Å². The van der Waals surface area contributed by atoms with E-state index in [0.717, 1.165) is 11.8 Å². The molecule has 140 valence electrons. The van der Waals surface area contributed by atoms with E-state index in [-0.39, 0.29) is 36.6 Å². The molecule has 0 aliphatic heterocycles. The number of sulfonamides is 1. The van der Waals surface area contributed by atoms with Gasteiger partial charge in [0.25, 0.3) is 5.91 Å². The number of amides is 2. The van der Waals surface area contributed by atoms with Crippen LogP contribution in [0, 0.1) is 0 Å². The summed E-state index contributed by atoms with van der Waals surface area (Å²) in [5.41, 5.74) is 1.18. The summed E-state index contributed by atoms with van der Waals surface area (Å²) in [7, 11) is -3.37. The van der Waals surface area contributed by atoms with Crippen LogP contribution in [0.5, 0.6) is 0 Å². The number of benzene rings is 1. The lowest BCUT2D eigenvalue weighted by Gasteiger charge is -2.16. The Morgan fingerprint density at radius 3 is 2.62 bits per heavy atom. The maximum atomic E-state index is 12.0. The maximum absolute atomic E-state index is 12.0. The summed E-state index contributed by atoms with van der Waals surface area (Å²) in [5, 5.41) is 5.40. The van der Waals surface area contributed by atoms with Crippen LogP contribution in [0.25, 0.3) is 0 Å². The molecule has 26 heavy (non-hydrogen) atoms. The highest BCUT2D eigenvalue weighted by atomic mass is 32.2. The van der Waals surface area contributed by atoms with E-state index < -0.39 is 10.0 Å². The average Bonchev–Trinajstić information content (AvgIpc) is 3.08.